The molecule has 0 fully saturated rings. The Bertz CT molecular complexity index is 1010. The summed E-state index contributed by atoms with van der Waals surface area (Å²) in [5.41, 5.74) is 0.482. The van der Waals surface area contributed by atoms with E-state index in [2.05, 4.69) is 5.32 Å². The number of nitrogens with one attached hydrogen (secondary N) is 1. The van der Waals surface area contributed by atoms with Gasteiger partial charge in [0, 0.05) is 17.6 Å². The first-order valence-corrected chi connectivity index (χ1v) is 8.32. The van der Waals surface area contributed by atoms with Crippen molar-refractivity contribution in [3.8, 4) is 5.75 Å². The first-order valence-electron chi connectivity index (χ1n) is 8.32. The Morgan fingerprint density at radius 2 is 1.88 bits per heavy atom. The Balaban J connectivity index is 2.09. The van der Waals surface area contributed by atoms with Gasteiger partial charge in [0.25, 0.3) is 11.5 Å². The molecule has 1 N–H and O–H groups in total. The predicted molar refractivity (Wildman–Crippen MR) is 99.4 cm³/mol. The molecule has 1 heterocycles. The number of benzene rings is 2. The van der Waals surface area contributed by atoms with Crippen molar-refractivity contribution in [2.45, 2.75) is 19.9 Å². The van der Waals surface area contributed by atoms with Crippen LogP contribution in [-0.2, 0) is 6.54 Å². The number of anilines is 1. The summed E-state index contributed by atoms with van der Waals surface area (Å²) in [6.07, 6.45) is 0.707. The highest BCUT2D eigenvalue weighted by Gasteiger charge is 2.16. The molecule has 0 radical (unpaired) electrons. The number of hydrogen-bond acceptors (Lipinski definition) is 3. The van der Waals surface area contributed by atoms with Crippen LogP contribution >= 0.6 is 0 Å². The highest BCUT2D eigenvalue weighted by atomic mass is 19.1. The molecule has 0 atom stereocenters. The number of aromatic nitrogens is 1. The zero-order chi connectivity index (χ0) is 18.7. The van der Waals surface area contributed by atoms with E-state index in [4.69, 9.17) is 4.74 Å². The molecule has 26 heavy (non-hydrogen) atoms. The number of rotatable bonds is 5. The SMILES string of the molecule is CCCn1c(C(=O)Nc2ccc(F)cc2)cc2cc(OC)ccc2c1=O. The van der Waals surface area contributed by atoms with Crippen LogP contribution in [-0.4, -0.2) is 17.6 Å². The predicted octanol–water partition coefficient (Wildman–Crippen LogP) is 3.81. The van der Waals surface area contributed by atoms with Crippen molar-refractivity contribution in [2.24, 2.45) is 0 Å². The zero-order valence-electron chi connectivity index (χ0n) is 14.6. The van der Waals surface area contributed by atoms with Gasteiger partial charge in [0.2, 0.25) is 0 Å². The Hall–Kier alpha value is -3.15. The first kappa shape index (κ1) is 17.7. The second-order valence-corrected chi connectivity index (χ2v) is 5.90. The minimum absolute atomic E-state index is 0.226. The van der Waals surface area contributed by atoms with E-state index in [0.717, 1.165) is 0 Å². The number of carbonyl (C=O) groups is 1. The normalized spacial score (nSPS) is 10.7. The van der Waals surface area contributed by atoms with E-state index < -0.39 is 5.91 Å². The molecule has 0 bridgehead atoms. The molecule has 0 aliphatic rings. The van der Waals surface area contributed by atoms with Crippen LogP contribution in [0.25, 0.3) is 10.8 Å². The van der Waals surface area contributed by atoms with Gasteiger partial charge in [-0.2, -0.15) is 0 Å². The van der Waals surface area contributed by atoms with E-state index >= 15 is 0 Å². The minimum atomic E-state index is -0.424. The highest BCUT2D eigenvalue weighted by Crippen LogP contribution is 2.20. The fourth-order valence-corrected chi connectivity index (χ4v) is 2.82. The number of fused-ring (bicyclic) bond motifs is 1. The molecule has 0 saturated carbocycles. The molecular formula is C20H19FN2O3. The number of carbonyl (C=O) groups excluding carboxylic acids is 1. The lowest BCUT2D eigenvalue weighted by molar-refractivity contribution is 0.101. The van der Waals surface area contributed by atoms with E-state index in [1.54, 1.807) is 31.4 Å². The maximum absolute atomic E-state index is 13.0. The number of pyridine rings is 1. The summed E-state index contributed by atoms with van der Waals surface area (Å²) in [6, 6.07) is 12.3. The fraction of sp³-hybridized carbons (Fsp3) is 0.200. The van der Waals surface area contributed by atoms with Crippen LogP contribution in [0.4, 0.5) is 10.1 Å². The van der Waals surface area contributed by atoms with Crippen LogP contribution < -0.4 is 15.6 Å². The molecule has 6 heteroatoms. The van der Waals surface area contributed by atoms with Crippen molar-refractivity contribution >= 4 is 22.4 Å². The standard InChI is InChI=1S/C20H19FN2O3/c1-3-10-23-18(19(24)22-15-6-4-14(21)5-7-15)12-13-11-16(26-2)8-9-17(13)20(23)25/h4-9,11-12H,3,10H2,1-2H3,(H,22,24). The van der Waals surface area contributed by atoms with Gasteiger partial charge in [-0.15, -0.1) is 0 Å². The van der Waals surface area contributed by atoms with Crippen LogP contribution in [0.15, 0.2) is 53.3 Å². The molecule has 1 aromatic heterocycles. The van der Waals surface area contributed by atoms with Crippen LogP contribution in [0.5, 0.6) is 5.75 Å². The first-order chi connectivity index (χ1) is 12.5. The smallest absolute Gasteiger partial charge is 0.272 e. The van der Waals surface area contributed by atoms with E-state index in [1.165, 1.54) is 28.8 Å². The van der Waals surface area contributed by atoms with Crippen molar-refractivity contribution in [2.75, 3.05) is 12.4 Å². The number of amides is 1. The molecular weight excluding hydrogens is 335 g/mol. The fourth-order valence-electron chi connectivity index (χ4n) is 2.82. The summed E-state index contributed by atoms with van der Waals surface area (Å²) in [6.45, 7) is 2.36. The largest absolute Gasteiger partial charge is 0.497 e. The Labute approximate surface area is 150 Å². The van der Waals surface area contributed by atoms with E-state index in [9.17, 15) is 14.0 Å². The minimum Gasteiger partial charge on any atom is -0.497 e. The summed E-state index contributed by atoms with van der Waals surface area (Å²) in [7, 11) is 1.54. The summed E-state index contributed by atoms with van der Waals surface area (Å²) in [5.74, 6) is -0.203. The second-order valence-electron chi connectivity index (χ2n) is 5.90. The molecule has 0 aliphatic heterocycles. The number of ether oxygens (including phenoxy) is 1. The third-order valence-electron chi connectivity index (χ3n) is 4.10. The molecule has 0 aliphatic carbocycles. The molecule has 2 aromatic carbocycles. The molecule has 5 nitrogen and oxygen atoms in total. The second kappa shape index (κ2) is 7.39. The average Bonchev–Trinajstić information content (AvgIpc) is 2.65. The number of halogens is 1. The van der Waals surface area contributed by atoms with Gasteiger partial charge < -0.3 is 14.6 Å². The lowest BCUT2D eigenvalue weighted by Gasteiger charge is -2.14. The van der Waals surface area contributed by atoms with Crippen molar-refractivity contribution in [3.63, 3.8) is 0 Å². The number of methoxy groups -OCH3 is 1. The van der Waals surface area contributed by atoms with Gasteiger partial charge in [0.05, 0.1) is 7.11 Å². The van der Waals surface area contributed by atoms with Crippen molar-refractivity contribution in [1.82, 2.24) is 4.57 Å². The van der Waals surface area contributed by atoms with Crippen LogP contribution in [0.1, 0.15) is 23.8 Å². The maximum Gasteiger partial charge on any atom is 0.272 e. The number of hydrogen-bond donors (Lipinski definition) is 1. The van der Waals surface area contributed by atoms with E-state index in [0.29, 0.717) is 35.2 Å². The van der Waals surface area contributed by atoms with Crippen LogP contribution in [0.2, 0.25) is 0 Å². The van der Waals surface area contributed by atoms with Crippen LogP contribution in [0, 0.1) is 5.82 Å². The zero-order valence-corrected chi connectivity index (χ0v) is 14.6. The summed E-state index contributed by atoms with van der Waals surface area (Å²) < 4.78 is 19.7. The van der Waals surface area contributed by atoms with E-state index in [1.807, 2.05) is 6.92 Å². The van der Waals surface area contributed by atoms with Gasteiger partial charge in [-0.05, 0) is 60.3 Å². The van der Waals surface area contributed by atoms with Crippen molar-refractivity contribution < 1.29 is 13.9 Å². The highest BCUT2D eigenvalue weighted by molar-refractivity contribution is 6.05. The topological polar surface area (TPSA) is 60.3 Å². The Morgan fingerprint density at radius 1 is 1.15 bits per heavy atom. The van der Waals surface area contributed by atoms with Gasteiger partial charge in [-0.1, -0.05) is 6.92 Å². The average molecular weight is 354 g/mol. The lowest BCUT2D eigenvalue weighted by atomic mass is 10.1. The molecule has 3 rings (SSSR count). The molecule has 3 aromatic rings. The van der Waals surface area contributed by atoms with Gasteiger partial charge in [0.1, 0.15) is 17.3 Å². The molecule has 0 spiro atoms. The monoisotopic (exact) mass is 354 g/mol. The van der Waals surface area contributed by atoms with Crippen molar-refractivity contribution in [1.29, 1.82) is 0 Å². The maximum atomic E-state index is 13.0. The number of nitrogens with zero attached hydrogens (tertiary/aromatic N) is 1. The van der Waals surface area contributed by atoms with Gasteiger partial charge in [0.15, 0.2) is 0 Å². The Kier molecular flexibility index (Phi) is 5.02. The summed E-state index contributed by atoms with van der Waals surface area (Å²) in [4.78, 5) is 25.6. The molecule has 0 unspecified atom stereocenters. The third-order valence-corrected chi connectivity index (χ3v) is 4.10. The van der Waals surface area contributed by atoms with E-state index in [-0.39, 0.29) is 17.1 Å². The third kappa shape index (κ3) is 3.44. The molecule has 0 saturated heterocycles. The van der Waals surface area contributed by atoms with Gasteiger partial charge in [-0.3, -0.25) is 9.59 Å². The summed E-state index contributed by atoms with van der Waals surface area (Å²) >= 11 is 0. The van der Waals surface area contributed by atoms with Crippen LogP contribution in [0.3, 0.4) is 0 Å². The lowest BCUT2D eigenvalue weighted by Crippen LogP contribution is -2.28. The Morgan fingerprint density at radius 3 is 2.54 bits per heavy atom. The molecule has 1 amide bonds. The summed E-state index contributed by atoms with van der Waals surface area (Å²) in [5, 5.41) is 3.86. The van der Waals surface area contributed by atoms with Gasteiger partial charge >= 0.3 is 0 Å². The van der Waals surface area contributed by atoms with Gasteiger partial charge in [-0.25, -0.2) is 4.39 Å². The van der Waals surface area contributed by atoms with Crippen molar-refractivity contribution in [3.05, 3.63) is 70.4 Å². The quantitative estimate of drug-likeness (QED) is 0.758. The molecule has 134 valence electrons.